The third-order valence-corrected chi connectivity index (χ3v) is 10.5. The number of aromatic carboxylic acids is 1. The zero-order valence-corrected chi connectivity index (χ0v) is 32.0. The number of nitrogens with one attached hydrogen (secondary N) is 4. The van der Waals surface area contributed by atoms with E-state index in [1.54, 1.807) is 29.6 Å². The summed E-state index contributed by atoms with van der Waals surface area (Å²) in [7, 11) is 0. The number of aliphatic hydroxyl groups excluding tert-OH is 8. The summed E-state index contributed by atoms with van der Waals surface area (Å²) in [4.78, 5) is 11.8. The number of aliphatic hydroxyl groups is 8. The lowest BCUT2D eigenvalue weighted by molar-refractivity contribution is -0.300. The summed E-state index contributed by atoms with van der Waals surface area (Å²) in [5.74, 6) is 1.68. The Bertz CT molecular complexity index is 1210. The van der Waals surface area contributed by atoms with Crippen LogP contribution in [0.2, 0.25) is 0 Å². The molecule has 0 bridgehead atoms. The van der Waals surface area contributed by atoms with E-state index in [9.17, 15) is 50.8 Å². The maximum absolute atomic E-state index is 11.8. The smallest absolute Gasteiger partial charge is 0.335 e. The minimum Gasteiger partial charge on any atom is -0.478 e. The molecule has 22 heteroatoms. The summed E-state index contributed by atoms with van der Waals surface area (Å²) in [6.45, 7) is 0.447. The van der Waals surface area contributed by atoms with Gasteiger partial charge in [-0.3, -0.25) is 0 Å². The SMILES string of the molecule is O=C(O)c1cc(NC(=S)NCCSCCCO[C@H]2O[C@@H](CO)[C@@H](O)[C@H](O)[C@H]2O)cc(NC(=S)NCCSCCCO[C@H]2O[C@@H](CO)[C@@H](O)[C@H](O)[C@H]2O)c1. The number of thioether (sulfide) groups is 2. The molecule has 53 heavy (non-hydrogen) atoms. The quantitative estimate of drug-likeness (QED) is 0.0464. The molecule has 2 saturated heterocycles. The fourth-order valence-corrected chi connectivity index (χ4v) is 7.04. The summed E-state index contributed by atoms with van der Waals surface area (Å²) in [5.41, 5.74) is 0.894. The molecule has 302 valence electrons. The van der Waals surface area contributed by atoms with E-state index in [4.69, 9.17) is 43.4 Å². The second-order valence-electron chi connectivity index (χ2n) is 11.9. The fraction of sp³-hybridized carbons (Fsp3) is 0.710. The van der Waals surface area contributed by atoms with Gasteiger partial charge in [0.1, 0.15) is 48.8 Å². The van der Waals surface area contributed by atoms with E-state index in [1.807, 2.05) is 0 Å². The topological polar surface area (TPSA) is 284 Å². The number of carboxylic acid groups (broad SMARTS) is 1. The number of benzene rings is 1. The maximum atomic E-state index is 11.8. The summed E-state index contributed by atoms with van der Waals surface area (Å²) >= 11 is 14.0. The predicted octanol–water partition coefficient (Wildman–Crippen LogP) is -2.16. The number of thiocarbonyl (C=S) groups is 2. The molecule has 1 aromatic carbocycles. The molecule has 0 radical (unpaired) electrons. The minimum absolute atomic E-state index is 0.0195. The molecule has 13 N–H and O–H groups in total. The lowest BCUT2D eigenvalue weighted by Gasteiger charge is -2.39. The first-order valence-corrected chi connectivity index (χ1v) is 20.0. The van der Waals surface area contributed by atoms with Crippen LogP contribution < -0.4 is 21.3 Å². The molecule has 0 aliphatic carbocycles. The van der Waals surface area contributed by atoms with Crippen LogP contribution in [0.3, 0.4) is 0 Å². The molecule has 0 amide bonds. The Hall–Kier alpha value is -1.71. The highest BCUT2D eigenvalue weighted by Crippen LogP contribution is 2.24. The highest BCUT2D eigenvalue weighted by Gasteiger charge is 2.45. The molecule has 0 saturated carbocycles. The third-order valence-electron chi connectivity index (χ3n) is 7.89. The van der Waals surface area contributed by atoms with Gasteiger partial charge in [-0.1, -0.05) is 0 Å². The molecule has 2 fully saturated rings. The van der Waals surface area contributed by atoms with Crippen LogP contribution in [0.1, 0.15) is 23.2 Å². The van der Waals surface area contributed by atoms with Crippen LogP contribution in [0.25, 0.3) is 0 Å². The first kappa shape index (κ1) is 45.7. The fourth-order valence-electron chi connectivity index (χ4n) is 5.05. The Morgan fingerprint density at radius 3 is 1.45 bits per heavy atom. The van der Waals surface area contributed by atoms with Crippen LogP contribution in [0.15, 0.2) is 18.2 Å². The maximum Gasteiger partial charge on any atom is 0.335 e. The van der Waals surface area contributed by atoms with E-state index in [-0.39, 0.29) is 18.8 Å². The molecule has 0 unspecified atom stereocenters. The molecular weight excluding hydrogens is 781 g/mol. The van der Waals surface area contributed by atoms with E-state index in [2.05, 4.69) is 21.3 Å². The van der Waals surface area contributed by atoms with Gasteiger partial charge in [0.25, 0.3) is 0 Å². The van der Waals surface area contributed by atoms with Gasteiger partial charge < -0.3 is 86.2 Å². The highest BCUT2D eigenvalue weighted by molar-refractivity contribution is 7.99. The molecule has 10 atom stereocenters. The van der Waals surface area contributed by atoms with Crippen molar-refractivity contribution in [1.82, 2.24) is 10.6 Å². The zero-order valence-electron chi connectivity index (χ0n) is 28.7. The van der Waals surface area contributed by atoms with Crippen molar-refractivity contribution >= 4 is 75.5 Å². The molecule has 2 aliphatic heterocycles. The highest BCUT2D eigenvalue weighted by atomic mass is 32.2. The van der Waals surface area contributed by atoms with E-state index in [0.717, 1.165) is 0 Å². The van der Waals surface area contributed by atoms with Crippen molar-refractivity contribution in [3.05, 3.63) is 23.8 Å². The Kier molecular flexibility index (Phi) is 20.7. The molecule has 2 aliphatic rings. The van der Waals surface area contributed by atoms with E-state index >= 15 is 0 Å². The number of hydrogen-bond acceptors (Lipinski definition) is 17. The Morgan fingerprint density at radius 1 is 0.660 bits per heavy atom. The number of carboxylic acids is 1. The van der Waals surface area contributed by atoms with Gasteiger partial charge in [-0.15, -0.1) is 0 Å². The molecule has 18 nitrogen and oxygen atoms in total. The Morgan fingerprint density at radius 2 is 1.08 bits per heavy atom. The van der Waals surface area contributed by atoms with Crippen molar-refractivity contribution < 1.29 is 69.7 Å². The molecule has 2 heterocycles. The predicted molar refractivity (Wildman–Crippen MR) is 205 cm³/mol. The summed E-state index contributed by atoms with van der Waals surface area (Å²) in [5, 5.41) is 100. The zero-order chi connectivity index (χ0) is 38.9. The van der Waals surface area contributed by atoms with Gasteiger partial charge in [0.05, 0.1) is 32.0 Å². The van der Waals surface area contributed by atoms with E-state index < -0.39 is 80.6 Å². The molecule has 0 spiro atoms. The summed E-state index contributed by atoms with van der Waals surface area (Å²) < 4.78 is 21.6. The van der Waals surface area contributed by atoms with Crippen molar-refractivity contribution in [2.24, 2.45) is 0 Å². The Balaban J connectivity index is 1.28. The van der Waals surface area contributed by atoms with Crippen LogP contribution in [-0.2, 0) is 18.9 Å². The lowest BCUT2D eigenvalue weighted by atomic mass is 9.99. The van der Waals surface area contributed by atoms with Gasteiger partial charge in [-0.05, 0) is 67.0 Å². The van der Waals surface area contributed by atoms with Crippen molar-refractivity contribution in [3.8, 4) is 0 Å². The standard InChI is InChI=1S/C31H50N4O14S4/c36-14-19-21(38)23(40)25(42)28(48-19)46-5-1-7-52-9-3-32-30(50)34-17-11-16(27(44)45)12-18(13-17)35-31(51)33-4-10-53-8-2-6-47-29-26(43)24(41)22(39)20(15-37)49-29/h11-13,19-26,28-29,36-43H,1-10,14-15H2,(H,44,45)(H2,32,34,50)(H2,33,35,51)/t19-,20-,21+,22+,23-,24-,25+,26+,28-,29-/m0/s1. The largest absolute Gasteiger partial charge is 0.478 e. The first-order valence-electron chi connectivity index (χ1n) is 16.8. The van der Waals surface area contributed by atoms with E-state index in [1.165, 1.54) is 12.1 Å². The summed E-state index contributed by atoms with van der Waals surface area (Å²) in [6.07, 6.45) is -11.9. The molecule has 1 aromatic rings. The normalized spacial score (nSPS) is 28.6. The molecule has 0 aromatic heterocycles. The average molecular weight is 831 g/mol. The van der Waals surface area contributed by atoms with Crippen molar-refractivity contribution in [1.29, 1.82) is 0 Å². The van der Waals surface area contributed by atoms with Crippen molar-refractivity contribution in [2.75, 3.05) is 73.2 Å². The van der Waals surface area contributed by atoms with Crippen LogP contribution in [-0.4, -0.2) is 186 Å². The number of rotatable bonds is 21. The lowest BCUT2D eigenvalue weighted by Crippen LogP contribution is -2.59. The minimum atomic E-state index is -1.49. The number of anilines is 2. The van der Waals surface area contributed by atoms with Crippen molar-refractivity contribution in [3.63, 3.8) is 0 Å². The number of hydrogen-bond donors (Lipinski definition) is 13. The van der Waals surface area contributed by atoms with Gasteiger partial charge >= 0.3 is 5.97 Å². The summed E-state index contributed by atoms with van der Waals surface area (Å²) in [6, 6.07) is 4.56. The van der Waals surface area contributed by atoms with Crippen LogP contribution in [0, 0.1) is 0 Å². The number of ether oxygens (including phenoxy) is 4. The van der Waals surface area contributed by atoms with Gasteiger partial charge in [0, 0.05) is 36.0 Å². The van der Waals surface area contributed by atoms with Gasteiger partial charge in [-0.25, -0.2) is 4.79 Å². The second-order valence-corrected chi connectivity index (χ2v) is 15.2. The van der Waals surface area contributed by atoms with E-state index in [0.29, 0.717) is 70.5 Å². The average Bonchev–Trinajstić information content (AvgIpc) is 3.13. The Labute approximate surface area is 325 Å². The molecule has 3 rings (SSSR count). The first-order chi connectivity index (χ1) is 25.4. The van der Waals surface area contributed by atoms with Crippen LogP contribution in [0.5, 0.6) is 0 Å². The van der Waals surface area contributed by atoms with Crippen molar-refractivity contribution in [2.45, 2.75) is 74.3 Å². The number of carbonyl (C=O) groups is 1. The second kappa shape index (κ2) is 24.0. The van der Waals surface area contributed by atoms with Gasteiger partial charge in [0.2, 0.25) is 0 Å². The van der Waals surface area contributed by atoms with Crippen LogP contribution >= 0.6 is 48.0 Å². The van der Waals surface area contributed by atoms with Gasteiger partial charge in [0.15, 0.2) is 22.8 Å². The molecular formula is C31H50N4O14S4. The van der Waals surface area contributed by atoms with Gasteiger partial charge in [-0.2, -0.15) is 23.5 Å². The van der Waals surface area contributed by atoms with Crippen LogP contribution in [0.4, 0.5) is 11.4 Å². The monoisotopic (exact) mass is 830 g/mol. The third kappa shape index (κ3) is 15.0.